The van der Waals surface area contributed by atoms with Crippen LogP contribution in [0.25, 0.3) is 0 Å². The molecule has 2 fully saturated rings. The lowest BCUT2D eigenvalue weighted by Gasteiger charge is -2.33. The smallest absolute Gasteiger partial charge is 0.253 e. The number of rotatable bonds is 7. The highest BCUT2D eigenvalue weighted by atomic mass is 35.5. The number of likely N-dealkylation sites (tertiary alicyclic amines) is 2. The molecule has 1 atom stereocenters. The van der Waals surface area contributed by atoms with E-state index in [-0.39, 0.29) is 11.7 Å². The first kappa shape index (κ1) is 22.3. The highest BCUT2D eigenvalue weighted by Gasteiger charge is 2.29. The zero-order valence-electron chi connectivity index (χ0n) is 17.8. The summed E-state index contributed by atoms with van der Waals surface area (Å²) in [5, 5.41) is 0.653. The summed E-state index contributed by atoms with van der Waals surface area (Å²) in [5.41, 5.74) is 1.73. The molecule has 0 aromatic heterocycles. The Hall–Kier alpha value is -1.95. The Morgan fingerprint density at radius 1 is 0.968 bits per heavy atom. The zero-order valence-corrected chi connectivity index (χ0v) is 18.6. The molecule has 6 heteroatoms. The van der Waals surface area contributed by atoms with Gasteiger partial charge in [0, 0.05) is 36.8 Å². The quantitative estimate of drug-likeness (QED) is 0.610. The first-order valence-electron chi connectivity index (χ1n) is 11.2. The SMILES string of the molecule is O=C(c1ccc(Cl)cc1)N1CC[C@H](CN2CCC(COCc3ccc(F)cc3)CC2)C1. The molecule has 2 aromatic rings. The maximum Gasteiger partial charge on any atom is 0.253 e. The van der Waals surface area contributed by atoms with Crippen molar-refractivity contribution in [1.82, 2.24) is 9.80 Å². The van der Waals surface area contributed by atoms with Crippen molar-refractivity contribution >= 4 is 17.5 Å². The molecule has 2 heterocycles. The van der Waals surface area contributed by atoms with Crippen LogP contribution in [-0.4, -0.2) is 55.0 Å². The molecule has 0 bridgehead atoms. The van der Waals surface area contributed by atoms with Crippen LogP contribution in [0.1, 0.15) is 35.2 Å². The van der Waals surface area contributed by atoms with Gasteiger partial charge in [-0.2, -0.15) is 0 Å². The van der Waals surface area contributed by atoms with Crippen LogP contribution in [0.3, 0.4) is 0 Å². The summed E-state index contributed by atoms with van der Waals surface area (Å²) in [6.45, 7) is 6.21. The molecule has 0 saturated carbocycles. The lowest BCUT2D eigenvalue weighted by Crippen LogP contribution is -2.39. The minimum atomic E-state index is -0.212. The van der Waals surface area contributed by atoms with Gasteiger partial charge >= 0.3 is 0 Å². The van der Waals surface area contributed by atoms with Gasteiger partial charge in [0.1, 0.15) is 5.82 Å². The molecule has 2 aliphatic heterocycles. The van der Waals surface area contributed by atoms with Crippen LogP contribution in [0.4, 0.5) is 4.39 Å². The predicted molar refractivity (Wildman–Crippen MR) is 121 cm³/mol. The minimum absolute atomic E-state index is 0.108. The number of halogens is 2. The maximum absolute atomic E-state index is 13.0. The normalized spacial score (nSPS) is 20.3. The van der Waals surface area contributed by atoms with E-state index in [9.17, 15) is 9.18 Å². The summed E-state index contributed by atoms with van der Waals surface area (Å²) in [7, 11) is 0. The molecule has 1 amide bonds. The first-order chi connectivity index (χ1) is 15.1. The van der Waals surface area contributed by atoms with Gasteiger partial charge in [-0.1, -0.05) is 23.7 Å². The number of hydrogen-bond donors (Lipinski definition) is 0. The largest absolute Gasteiger partial charge is 0.376 e. The van der Waals surface area contributed by atoms with Crippen LogP contribution in [-0.2, 0) is 11.3 Å². The van der Waals surface area contributed by atoms with E-state index in [1.54, 1.807) is 36.4 Å². The van der Waals surface area contributed by atoms with Crippen molar-refractivity contribution in [2.45, 2.75) is 25.9 Å². The van der Waals surface area contributed by atoms with E-state index in [1.165, 1.54) is 12.1 Å². The van der Waals surface area contributed by atoms with Crippen LogP contribution in [0.5, 0.6) is 0 Å². The van der Waals surface area contributed by atoms with Crippen molar-refractivity contribution in [3.8, 4) is 0 Å². The van der Waals surface area contributed by atoms with Crippen LogP contribution < -0.4 is 0 Å². The predicted octanol–water partition coefficient (Wildman–Crippen LogP) is 4.87. The fourth-order valence-electron chi connectivity index (χ4n) is 4.57. The Morgan fingerprint density at radius 3 is 2.35 bits per heavy atom. The Labute approximate surface area is 188 Å². The molecule has 2 aromatic carbocycles. The lowest BCUT2D eigenvalue weighted by atomic mass is 9.96. The van der Waals surface area contributed by atoms with Gasteiger partial charge in [0.2, 0.25) is 0 Å². The Bertz CT molecular complexity index is 851. The van der Waals surface area contributed by atoms with Crippen molar-refractivity contribution in [1.29, 1.82) is 0 Å². The summed E-state index contributed by atoms with van der Waals surface area (Å²) in [5.74, 6) is 1.03. The van der Waals surface area contributed by atoms with Crippen molar-refractivity contribution in [2.75, 3.05) is 39.3 Å². The van der Waals surface area contributed by atoms with Crippen LogP contribution >= 0.6 is 11.6 Å². The molecule has 0 spiro atoms. The standard InChI is InChI=1S/C25H30ClFN2O2/c26-23-5-3-22(4-6-23)25(30)29-14-11-21(16-29)15-28-12-9-20(10-13-28)18-31-17-19-1-7-24(27)8-2-19/h1-8,20-21H,9-18H2/t21-/m1/s1. The molecule has 0 radical (unpaired) electrons. The minimum Gasteiger partial charge on any atom is -0.376 e. The number of benzene rings is 2. The van der Waals surface area contributed by atoms with Crippen molar-refractivity contribution in [3.05, 3.63) is 70.5 Å². The topological polar surface area (TPSA) is 32.8 Å². The molecule has 4 nitrogen and oxygen atoms in total. The molecule has 2 aliphatic rings. The van der Waals surface area contributed by atoms with E-state index in [0.29, 0.717) is 29.0 Å². The number of carbonyl (C=O) groups is 1. The van der Waals surface area contributed by atoms with E-state index in [0.717, 1.165) is 64.2 Å². The summed E-state index contributed by atoms with van der Waals surface area (Å²) in [4.78, 5) is 17.2. The van der Waals surface area contributed by atoms with E-state index >= 15 is 0 Å². The molecule has 31 heavy (non-hydrogen) atoms. The second kappa shape index (κ2) is 10.6. The number of hydrogen-bond acceptors (Lipinski definition) is 3. The van der Waals surface area contributed by atoms with Crippen LogP contribution in [0, 0.1) is 17.7 Å². The third kappa shape index (κ3) is 6.28. The van der Waals surface area contributed by atoms with E-state index in [1.807, 2.05) is 4.90 Å². The fourth-order valence-corrected chi connectivity index (χ4v) is 4.69. The van der Waals surface area contributed by atoms with Gasteiger partial charge in [-0.15, -0.1) is 0 Å². The molecule has 0 unspecified atom stereocenters. The molecule has 0 aliphatic carbocycles. The molecule has 166 valence electrons. The summed E-state index contributed by atoms with van der Waals surface area (Å²) < 4.78 is 18.8. The van der Waals surface area contributed by atoms with Gasteiger partial charge in [-0.3, -0.25) is 4.79 Å². The van der Waals surface area contributed by atoms with Crippen molar-refractivity contribution < 1.29 is 13.9 Å². The summed E-state index contributed by atoms with van der Waals surface area (Å²) in [6, 6.07) is 13.7. The zero-order chi connectivity index (χ0) is 21.6. The Kier molecular flexibility index (Phi) is 7.59. The molecule has 2 saturated heterocycles. The number of ether oxygens (including phenoxy) is 1. The van der Waals surface area contributed by atoms with Crippen molar-refractivity contribution in [3.63, 3.8) is 0 Å². The van der Waals surface area contributed by atoms with E-state index in [2.05, 4.69) is 4.90 Å². The number of amides is 1. The average Bonchev–Trinajstić information content (AvgIpc) is 3.25. The van der Waals surface area contributed by atoms with Crippen molar-refractivity contribution in [2.24, 2.45) is 11.8 Å². The second-order valence-corrected chi connectivity index (χ2v) is 9.23. The van der Waals surface area contributed by atoms with Gasteiger partial charge in [0.05, 0.1) is 6.61 Å². The highest BCUT2D eigenvalue weighted by molar-refractivity contribution is 6.30. The number of carbonyl (C=O) groups excluding carboxylic acids is 1. The third-order valence-electron chi connectivity index (χ3n) is 6.42. The average molecular weight is 445 g/mol. The second-order valence-electron chi connectivity index (χ2n) is 8.80. The molecule has 4 rings (SSSR count). The summed E-state index contributed by atoms with van der Waals surface area (Å²) in [6.07, 6.45) is 3.35. The third-order valence-corrected chi connectivity index (χ3v) is 6.68. The monoisotopic (exact) mass is 444 g/mol. The van der Waals surface area contributed by atoms with E-state index < -0.39 is 0 Å². The molecule has 0 N–H and O–H groups in total. The molecular formula is C25H30ClFN2O2. The van der Waals surface area contributed by atoms with Crippen LogP contribution in [0.15, 0.2) is 48.5 Å². The van der Waals surface area contributed by atoms with Gasteiger partial charge in [-0.05, 0) is 86.1 Å². The number of piperidine rings is 1. The summed E-state index contributed by atoms with van der Waals surface area (Å²) >= 11 is 5.93. The lowest BCUT2D eigenvalue weighted by molar-refractivity contribution is 0.0543. The van der Waals surface area contributed by atoms with Crippen LogP contribution in [0.2, 0.25) is 5.02 Å². The van der Waals surface area contributed by atoms with Gasteiger partial charge in [-0.25, -0.2) is 4.39 Å². The highest BCUT2D eigenvalue weighted by Crippen LogP contribution is 2.24. The first-order valence-corrected chi connectivity index (χ1v) is 11.5. The Balaban J connectivity index is 1.14. The number of nitrogens with zero attached hydrogens (tertiary/aromatic N) is 2. The van der Waals surface area contributed by atoms with Gasteiger partial charge in [0.25, 0.3) is 5.91 Å². The Morgan fingerprint density at radius 2 is 1.65 bits per heavy atom. The molecular weight excluding hydrogens is 415 g/mol. The van der Waals surface area contributed by atoms with E-state index in [4.69, 9.17) is 16.3 Å². The maximum atomic E-state index is 13.0. The van der Waals surface area contributed by atoms with Gasteiger partial charge in [0.15, 0.2) is 0 Å². The fraction of sp³-hybridized carbons (Fsp3) is 0.480. The van der Waals surface area contributed by atoms with Gasteiger partial charge < -0.3 is 14.5 Å².